The number of carbonyl (C=O) groups is 2. The second-order valence-corrected chi connectivity index (χ2v) is 11.8. The number of sulfonamides is 1. The molecule has 0 aliphatic carbocycles. The Kier molecular flexibility index (Phi) is 11.3. The van der Waals surface area contributed by atoms with Gasteiger partial charge >= 0.3 is 0 Å². The first-order valence-electron chi connectivity index (χ1n) is 13.4. The third-order valence-corrected chi connectivity index (χ3v) is 8.65. The van der Waals surface area contributed by atoms with Gasteiger partial charge < -0.3 is 10.2 Å². The van der Waals surface area contributed by atoms with Crippen molar-refractivity contribution in [3.05, 3.63) is 102 Å². The first-order chi connectivity index (χ1) is 18.7. The highest BCUT2D eigenvalue weighted by molar-refractivity contribution is 7.89. The summed E-state index contributed by atoms with van der Waals surface area (Å²) in [6.45, 7) is 4.42. The molecule has 0 radical (unpaired) electrons. The highest BCUT2D eigenvalue weighted by Gasteiger charge is 2.31. The molecule has 0 saturated heterocycles. The number of rotatable bonds is 14. The summed E-state index contributed by atoms with van der Waals surface area (Å²) in [6.07, 6.45) is 1.60. The maximum absolute atomic E-state index is 13.7. The van der Waals surface area contributed by atoms with E-state index in [0.717, 1.165) is 17.5 Å². The molecule has 3 rings (SSSR count). The van der Waals surface area contributed by atoms with Crippen LogP contribution in [0.15, 0.2) is 95.9 Å². The van der Waals surface area contributed by atoms with Crippen LogP contribution in [0.4, 0.5) is 0 Å². The number of hydrogen-bond donors (Lipinski definition) is 1. The lowest BCUT2D eigenvalue weighted by atomic mass is 10.0. The first kappa shape index (κ1) is 30.1. The highest BCUT2D eigenvalue weighted by Crippen LogP contribution is 2.18. The smallest absolute Gasteiger partial charge is 0.243 e. The molecule has 2 unspecified atom stereocenters. The van der Waals surface area contributed by atoms with Gasteiger partial charge in [0.25, 0.3) is 0 Å². The molecule has 7 nitrogen and oxygen atoms in total. The van der Waals surface area contributed by atoms with Crippen molar-refractivity contribution < 1.29 is 18.0 Å². The van der Waals surface area contributed by atoms with Gasteiger partial charge in [0.15, 0.2) is 0 Å². The molecule has 3 aromatic rings. The van der Waals surface area contributed by atoms with Gasteiger partial charge in [-0.3, -0.25) is 9.59 Å². The van der Waals surface area contributed by atoms with E-state index in [1.54, 1.807) is 35.2 Å². The molecule has 0 aliphatic heterocycles. The van der Waals surface area contributed by atoms with Crippen LogP contribution in [0.25, 0.3) is 0 Å². The molecular weight excluding hydrogens is 510 g/mol. The molecule has 0 heterocycles. The van der Waals surface area contributed by atoms with E-state index in [9.17, 15) is 18.0 Å². The van der Waals surface area contributed by atoms with Gasteiger partial charge in [-0.05, 0) is 43.0 Å². The fourth-order valence-corrected chi connectivity index (χ4v) is 5.49. The van der Waals surface area contributed by atoms with E-state index < -0.39 is 16.1 Å². The third-order valence-electron chi connectivity index (χ3n) is 6.78. The summed E-state index contributed by atoms with van der Waals surface area (Å²) >= 11 is 0. The summed E-state index contributed by atoms with van der Waals surface area (Å²) in [5.41, 5.74) is 1.88. The number of carbonyl (C=O) groups excluding carboxylic acids is 2. The predicted octanol–water partition coefficient (Wildman–Crippen LogP) is 4.64. The van der Waals surface area contributed by atoms with Gasteiger partial charge in [-0.2, -0.15) is 0 Å². The molecule has 1 N–H and O–H groups in total. The van der Waals surface area contributed by atoms with Gasteiger partial charge in [0.2, 0.25) is 21.8 Å². The Morgan fingerprint density at radius 2 is 1.38 bits per heavy atom. The van der Waals surface area contributed by atoms with E-state index in [2.05, 4.69) is 5.32 Å². The number of hydrogen-bond acceptors (Lipinski definition) is 4. The normalized spacial score (nSPS) is 13.0. The average Bonchev–Trinajstić information content (AvgIpc) is 2.96. The van der Waals surface area contributed by atoms with Gasteiger partial charge in [0.1, 0.15) is 6.04 Å². The summed E-state index contributed by atoms with van der Waals surface area (Å²) in [4.78, 5) is 29.1. The lowest BCUT2D eigenvalue weighted by Gasteiger charge is -2.32. The summed E-state index contributed by atoms with van der Waals surface area (Å²) < 4.78 is 27.1. The molecular formula is C31H39N3O4S. The largest absolute Gasteiger partial charge is 0.352 e. The molecule has 0 spiro atoms. The second kappa shape index (κ2) is 14.6. The number of nitrogens with one attached hydrogen (secondary N) is 1. The quantitative estimate of drug-likeness (QED) is 0.317. The van der Waals surface area contributed by atoms with Crippen LogP contribution in [-0.4, -0.2) is 55.1 Å². The maximum atomic E-state index is 13.7. The SMILES string of the molecule is CCC(C)NC(=O)C(Cc1ccccc1)N(Cc1ccccc1)C(=O)CCCN(C)S(=O)(=O)c1ccccc1. The molecule has 2 atom stereocenters. The van der Waals surface area contributed by atoms with E-state index in [1.807, 2.05) is 74.5 Å². The van der Waals surface area contributed by atoms with Gasteiger partial charge in [0, 0.05) is 39.0 Å². The van der Waals surface area contributed by atoms with Gasteiger partial charge in [0.05, 0.1) is 4.90 Å². The standard InChI is InChI=1S/C31H39N3O4S/c1-4-25(2)32-31(36)29(23-26-15-8-5-9-16-26)34(24-27-17-10-6-11-18-27)30(35)21-14-22-33(3)39(37,38)28-19-12-7-13-20-28/h5-13,15-20,25,29H,4,14,21-24H2,1-3H3,(H,32,36). The lowest BCUT2D eigenvalue weighted by Crippen LogP contribution is -2.52. The summed E-state index contributed by atoms with van der Waals surface area (Å²) in [7, 11) is -2.13. The van der Waals surface area contributed by atoms with Crippen LogP contribution in [0.2, 0.25) is 0 Å². The average molecular weight is 550 g/mol. The van der Waals surface area contributed by atoms with E-state index in [-0.39, 0.29) is 42.3 Å². The molecule has 0 fully saturated rings. The van der Waals surface area contributed by atoms with Gasteiger partial charge in [-0.15, -0.1) is 0 Å². The zero-order valence-corrected chi connectivity index (χ0v) is 23.8. The van der Waals surface area contributed by atoms with Crippen LogP contribution in [0.5, 0.6) is 0 Å². The van der Waals surface area contributed by atoms with Crippen molar-refractivity contribution in [3.8, 4) is 0 Å². The van der Waals surface area contributed by atoms with Crippen molar-refractivity contribution >= 4 is 21.8 Å². The number of amides is 2. The van der Waals surface area contributed by atoms with E-state index >= 15 is 0 Å². The Hall–Kier alpha value is -3.49. The molecule has 2 amide bonds. The molecule has 0 saturated carbocycles. The van der Waals surface area contributed by atoms with Gasteiger partial charge in [-0.25, -0.2) is 12.7 Å². The lowest BCUT2D eigenvalue weighted by molar-refractivity contribution is -0.141. The minimum Gasteiger partial charge on any atom is -0.352 e. The van der Waals surface area contributed by atoms with Crippen molar-refractivity contribution in [1.29, 1.82) is 0 Å². The summed E-state index contributed by atoms with van der Waals surface area (Å²) in [5, 5.41) is 3.06. The van der Waals surface area contributed by atoms with Crippen LogP contribution >= 0.6 is 0 Å². The van der Waals surface area contributed by atoms with Crippen molar-refractivity contribution in [2.75, 3.05) is 13.6 Å². The van der Waals surface area contributed by atoms with Crippen molar-refractivity contribution in [3.63, 3.8) is 0 Å². The van der Waals surface area contributed by atoms with Crippen molar-refractivity contribution in [2.45, 2.75) is 63.1 Å². The topological polar surface area (TPSA) is 86.8 Å². The Morgan fingerprint density at radius 3 is 1.95 bits per heavy atom. The van der Waals surface area contributed by atoms with E-state index in [1.165, 1.54) is 11.4 Å². The Bertz CT molecular complexity index is 1290. The minimum absolute atomic E-state index is 0.0266. The fraction of sp³-hybridized carbons (Fsp3) is 0.355. The molecule has 3 aromatic carbocycles. The Labute approximate surface area is 232 Å². The second-order valence-electron chi connectivity index (χ2n) is 9.77. The van der Waals surface area contributed by atoms with Crippen LogP contribution < -0.4 is 5.32 Å². The molecule has 0 bridgehead atoms. The Balaban J connectivity index is 1.81. The van der Waals surface area contributed by atoms with Crippen LogP contribution in [0.1, 0.15) is 44.2 Å². The minimum atomic E-state index is -3.65. The fourth-order valence-electron chi connectivity index (χ4n) is 4.26. The predicted molar refractivity (Wildman–Crippen MR) is 154 cm³/mol. The molecule has 0 aromatic heterocycles. The Morgan fingerprint density at radius 1 is 0.846 bits per heavy atom. The van der Waals surface area contributed by atoms with Crippen molar-refractivity contribution in [2.24, 2.45) is 0 Å². The first-order valence-corrected chi connectivity index (χ1v) is 14.9. The van der Waals surface area contributed by atoms with Crippen LogP contribution in [0.3, 0.4) is 0 Å². The monoisotopic (exact) mass is 549 g/mol. The molecule has 8 heteroatoms. The van der Waals surface area contributed by atoms with E-state index in [0.29, 0.717) is 12.8 Å². The summed E-state index contributed by atoms with van der Waals surface area (Å²) in [5.74, 6) is -0.383. The molecule has 39 heavy (non-hydrogen) atoms. The molecule has 0 aliphatic rings. The number of benzene rings is 3. The van der Waals surface area contributed by atoms with Crippen LogP contribution in [-0.2, 0) is 32.6 Å². The maximum Gasteiger partial charge on any atom is 0.243 e. The summed E-state index contributed by atoms with van der Waals surface area (Å²) in [6, 6.07) is 26.8. The van der Waals surface area contributed by atoms with Gasteiger partial charge in [-0.1, -0.05) is 85.8 Å². The van der Waals surface area contributed by atoms with Crippen LogP contribution in [0, 0.1) is 0 Å². The van der Waals surface area contributed by atoms with E-state index in [4.69, 9.17) is 0 Å². The zero-order chi connectivity index (χ0) is 28.3. The van der Waals surface area contributed by atoms with Crippen molar-refractivity contribution in [1.82, 2.24) is 14.5 Å². The highest BCUT2D eigenvalue weighted by atomic mass is 32.2. The third kappa shape index (κ3) is 8.76. The number of nitrogens with zero attached hydrogens (tertiary/aromatic N) is 2. The molecule has 208 valence electrons. The zero-order valence-electron chi connectivity index (χ0n) is 23.0.